The SMILES string of the molecule is CC/C=C\C/C=C\C/C=C\C/C=C\C/C=C\C/C=C\C/C=C\C/C=C\C/C=C\C/C=C\C/C=C\CCCCCC(=O)OC(COC(=O)CCCCCCCC/C=C\C/C=C\C/C=C\CCCCC)COP(=O)([O-])OCC[N+](C)(C)C. The van der Waals surface area contributed by atoms with Gasteiger partial charge in [-0.2, -0.15) is 0 Å². The third kappa shape index (κ3) is 62.6. The number of esters is 2. The molecule has 0 aliphatic rings. The molecule has 0 aliphatic carbocycles. The summed E-state index contributed by atoms with van der Waals surface area (Å²) in [6.45, 7) is 4.01. The number of allylic oxidation sites excluding steroid dienone is 28. The van der Waals surface area contributed by atoms with Gasteiger partial charge < -0.3 is 27.9 Å². The average Bonchev–Trinajstić information content (AvgIpc) is 3.42. The largest absolute Gasteiger partial charge is 0.756 e. The Morgan fingerprint density at radius 3 is 1.07 bits per heavy atom. The number of carbonyl (C=O) groups is 2. The third-order valence-corrected chi connectivity index (χ3v) is 13.2. The molecule has 0 heterocycles. The summed E-state index contributed by atoms with van der Waals surface area (Å²) in [4.78, 5) is 37.9. The first-order valence-electron chi connectivity index (χ1n) is 30.8. The first kappa shape index (κ1) is 75.4. The fraction of sp³-hybridized carbons (Fsp3) is 0.571. The maximum atomic E-state index is 12.8. The van der Waals surface area contributed by atoms with Crippen LogP contribution < -0.4 is 4.89 Å². The highest BCUT2D eigenvalue weighted by Crippen LogP contribution is 2.38. The number of hydrogen-bond donors (Lipinski definition) is 0. The molecule has 0 N–H and O–H groups in total. The summed E-state index contributed by atoms with van der Waals surface area (Å²) in [6.07, 6.45) is 89.8. The van der Waals surface area contributed by atoms with E-state index in [-0.39, 0.29) is 26.1 Å². The van der Waals surface area contributed by atoms with Crippen LogP contribution in [0.15, 0.2) is 170 Å². The number of likely N-dealkylation sites (N-methyl/N-ethyl adjacent to an activating group) is 1. The van der Waals surface area contributed by atoms with Crippen LogP contribution in [0.25, 0.3) is 0 Å². The number of unbranched alkanes of at least 4 members (excludes halogenated alkanes) is 12. The van der Waals surface area contributed by atoms with E-state index in [1.165, 1.54) is 25.7 Å². The van der Waals surface area contributed by atoms with Gasteiger partial charge in [0.15, 0.2) is 6.10 Å². The molecule has 2 unspecified atom stereocenters. The van der Waals surface area contributed by atoms with Crippen molar-refractivity contribution in [3.63, 3.8) is 0 Å². The summed E-state index contributed by atoms with van der Waals surface area (Å²) in [5.41, 5.74) is 0. The molecule has 0 fully saturated rings. The molecule has 0 rings (SSSR count). The Morgan fingerprint density at radius 1 is 0.400 bits per heavy atom. The van der Waals surface area contributed by atoms with Gasteiger partial charge in [-0.1, -0.05) is 229 Å². The predicted octanol–water partition coefficient (Wildman–Crippen LogP) is 19.2. The quantitative estimate of drug-likeness (QED) is 0.0195. The Balaban J connectivity index is 4.28. The maximum Gasteiger partial charge on any atom is 0.306 e. The van der Waals surface area contributed by atoms with Crippen LogP contribution in [0.5, 0.6) is 0 Å². The first-order chi connectivity index (χ1) is 39.0. The van der Waals surface area contributed by atoms with Crippen LogP contribution in [-0.2, 0) is 32.7 Å². The van der Waals surface area contributed by atoms with E-state index in [4.69, 9.17) is 18.5 Å². The van der Waals surface area contributed by atoms with E-state index in [9.17, 15) is 19.0 Å². The molecular formula is C70H112NO8P. The van der Waals surface area contributed by atoms with Crippen molar-refractivity contribution >= 4 is 19.8 Å². The van der Waals surface area contributed by atoms with Crippen LogP contribution in [0, 0.1) is 0 Å². The van der Waals surface area contributed by atoms with Gasteiger partial charge in [0.05, 0.1) is 27.7 Å². The number of rotatable bonds is 54. The van der Waals surface area contributed by atoms with E-state index in [2.05, 4.69) is 184 Å². The molecule has 9 nitrogen and oxygen atoms in total. The summed E-state index contributed by atoms with van der Waals surface area (Å²) in [5, 5.41) is 0. The second-order valence-electron chi connectivity index (χ2n) is 21.0. The Labute approximate surface area is 489 Å². The van der Waals surface area contributed by atoms with Crippen LogP contribution in [0.3, 0.4) is 0 Å². The summed E-state index contributed by atoms with van der Waals surface area (Å²) < 4.78 is 34.1. The number of phosphoric acid groups is 1. The minimum atomic E-state index is -4.66. The molecule has 0 aromatic heterocycles. The van der Waals surface area contributed by atoms with Gasteiger partial charge in [0.1, 0.15) is 19.8 Å². The molecule has 0 saturated heterocycles. The highest BCUT2D eigenvalue weighted by atomic mass is 31.2. The normalized spacial score (nSPS) is 14.4. The monoisotopic (exact) mass is 1130 g/mol. The van der Waals surface area contributed by atoms with Crippen LogP contribution in [-0.4, -0.2) is 70.0 Å². The van der Waals surface area contributed by atoms with E-state index in [0.717, 1.165) is 141 Å². The summed E-state index contributed by atoms with van der Waals surface area (Å²) >= 11 is 0. The lowest BCUT2D eigenvalue weighted by atomic mass is 10.1. The zero-order valence-electron chi connectivity index (χ0n) is 50.9. The van der Waals surface area contributed by atoms with Gasteiger partial charge in [-0.05, 0) is 135 Å². The van der Waals surface area contributed by atoms with Crippen molar-refractivity contribution in [2.75, 3.05) is 47.5 Å². The predicted molar refractivity (Wildman–Crippen MR) is 341 cm³/mol. The van der Waals surface area contributed by atoms with Crippen molar-refractivity contribution in [1.29, 1.82) is 0 Å². The summed E-state index contributed by atoms with van der Waals surface area (Å²) in [6, 6.07) is 0. The van der Waals surface area contributed by atoms with Gasteiger partial charge >= 0.3 is 11.9 Å². The molecule has 10 heteroatoms. The molecule has 0 saturated carbocycles. The van der Waals surface area contributed by atoms with Crippen molar-refractivity contribution in [1.82, 2.24) is 0 Å². The fourth-order valence-corrected chi connectivity index (χ4v) is 8.22. The molecule has 0 radical (unpaired) electrons. The molecule has 0 amide bonds. The van der Waals surface area contributed by atoms with Gasteiger partial charge in [0, 0.05) is 12.8 Å². The van der Waals surface area contributed by atoms with Gasteiger partial charge in [-0.3, -0.25) is 14.2 Å². The topological polar surface area (TPSA) is 111 Å². The van der Waals surface area contributed by atoms with Crippen molar-refractivity contribution in [3.8, 4) is 0 Å². The number of carbonyl (C=O) groups excluding carboxylic acids is 2. The molecular weight excluding hydrogens is 1010 g/mol. The lowest BCUT2D eigenvalue weighted by Gasteiger charge is -2.28. The van der Waals surface area contributed by atoms with Gasteiger partial charge in [0.25, 0.3) is 7.82 Å². The Kier molecular flexibility index (Phi) is 55.6. The van der Waals surface area contributed by atoms with Crippen LogP contribution >= 0.6 is 7.82 Å². The molecule has 2 atom stereocenters. The standard InChI is InChI=1S/C70H112NO8P/c1-6-8-10-12-14-16-18-20-22-24-26-27-28-29-30-31-32-33-34-35-36-37-38-39-40-41-42-43-45-47-49-51-53-55-57-59-61-63-70(73)79-68(67-78-80(74,75)77-65-64-71(3,4)5)66-76-69(72)62-60-58-56-54-52-50-48-46-44-25-23-21-19-17-15-13-11-9-7-2/h8,10,14-17,20-23,26-27,29-30,32-33,35-36,38-39,41-42,44-47,51,53,68H,6-7,9,11-13,18-19,24-25,28,31,34,37,40,43,48-50,52,54-67H2,1-5H3/b10-8-,16-14-,17-15-,22-20-,23-21-,27-26-,30-29-,33-32-,36-35-,39-38-,42-41-,46-44-,47-45-,53-51-. The van der Waals surface area contributed by atoms with Crippen molar-refractivity contribution in [3.05, 3.63) is 170 Å². The smallest absolute Gasteiger partial charge is 0.306 e. The van der Waals surface area contributed by atoms with E-state index < -0.39 is 32.5 Å². The van der Waals surface area contributed by atoms with Gasteiger partial charge in [0.2, 0.25) is 0 Å². The zero-order valence-corrected chi connectivity index (χ0v) is 51.8. The van der Waals surface area contributed by atoms with E-state index in [1.54, 1.807) is 0 Å². The second kappa shape index (κ2) is 59.0. The van der Waals surface area contributed by atoms with Gasteiger partial charge in [-0.15, -0.1) is 0 Å². The molecule has 0 aromatic rings. The number of quaternary nitrogens is 1. The molecule has 450 valence electrons. The molecule has 0 spiro atoms. The number of phosphoric ester groups is 1. The maximum absolute atomic E-state index is 12.8. The summed E-state index contributed by atoms with van der Waals surface area (Å²) in [5.74, 6) is -0.901. The van der Waals surface area contributed by atoms with E-state index in [1.807, 2.05) is 21.1 Å². The molecule has 0 aliphatic heterocycles. The van der Waals surface area contributed by atoms with Crippen LogP contribution in [0.4, 0.5) is 0 Å². The fourth-order valence-electron chi connectivity index (χ4n) is 7.49. The second-order valence-corrected chi connectivity index (χ2v) is 22.4. The zero-order chi connectivity index (χ0) is 58.4. The number of hydrogen-bond acceptors (Lipinski definition) is 8. The Morgan fingerprint density at radius 2 is 0.713 bits per heavy atom. The Hall–Kier alpha value is -4.63. The lowest BCUT2D eigenvalue weighted by molar-refractivity contribution is -0.870. The third-order valence-electron chi connectivity index (χ3n) is 12.2. The van der Waals surface area contributed by atoms with Crippen molar-refractivity contribution in [2.45, 2.75) is 213 Å². The van der Waals surface area contributed by atoms with Crippen LogP contribution in [0.1, 0.15) is 206 Å². The van der Waals surface area contributed by atoms with Crippen molar-refractivity contribution in [2.24, 2.45) is 0 Å². The highest BCUT2D eigenvalue weighted by Gasteiger charge is 2.21. The van der Waals surface area contributed by atoms with Crippen molar-refractivity contribution < 1.29 is 42.1 Å². The van der Waals surface area contributed by atoms with Gasteiger partial charge in [-0.25, -0.2) is 0 Å². The molecule has 0 bridgehead atoms. The minimum absolute atomic E-state index is 0.0500. The van der Waals surface area contributed by atoms with E-state index >= 15 is 0 Å². The molecule has 0 aromatic carbocycles. The Bertz CT molecular complexity index is 1950. The lowest BCUT2D eigenvalue weighted by Crippen LogP contribution is -2.37. The minimum Gasteiger partial charge on any atom is -0.756 e. The number of nitrogens with zero attached hydrogens (tertiary/aromatic N) is 1. The summed E-state index contributed by atoms with van der Waals surface area (Å²) in [7, 11) is 1.11. The highest BCUT2D eigenvalue weighted by molar-refractivity contribution is 7.45. The average molecular weight is 1130 g/mol. The molecule has 80 heavy (non-hydrogen) atoms. The number of ether oxygens (including phenoxy) is 2. The first-order valence-corrected chi connectivity index (χ1v) is 32.3. The van der Waals surface area contributed by atoms with Crippen LogP contribution in [0.2, 0.25) is 0 Å². The van der Waals surface area contributed by atoms with E-state index in [0.29, 0.717) is 23.9 Å².